The van der Waals surface area contributed by atoms with Gasteiger partial charge < -0.3 is 15.4 Å². The quantitative estimate of drug-likeness (QED) is 0.247. The minimum atomic E-state index is 0. The number of nitrogens with one attached hydrogen (secondary N) is 2. The molecular weight excluding hydrogens is 451 g/mol. The van der Waals surface area contributed by atoms with Crippen molar-refractivity contribution in [2.24, 2.45) is 4.99 Å². The Kier molecular flexibility index (Phi) is 11.7. The molecule has 0 radical (unpaired) electrons. The van der Waals surface area contributed by atoms with Gasteiger partial charge in [-0.2, -0.15) is 0 Å². The predicted molar refractivity (Wildman–Crippen MR) is 123 cm³/mol. The molecule has 0 aliphatic carbocycles. The van der Waals surface area contributed by atoms with Gasteiger partial charge in [-0.05, 0) is 43.9 Å². The van der Waals surface area contributed by atoms with Crippen molar-refractivity contribution in [3.63, 3.8) is 0 Å². The van der Waals surface area contributed by atoms with Crippen molar-refractivity contribution in [3.05, 3.63) is 65.5 Å². The topological polar surface area (TPSA) is 58.5 Å². The van der Waals surface area contributed by atoms with Gasteiger partial charge in [-0.1, -0.05) is 36.4 Å². The number of guanidine groups is 1. The molecule has 2 rings (SSSR count). The van der Waals surface area contributed by atoms with E-state index in [0.717, 1.165) is 44.2 Å². The standard InChI is InChI=1S/C21H30N4O.HI/c1-17-10-11-19(16-25-17)12-14-24-21(22-3)23-13-7-15-26-18(2)20-8-5-4-6-9-20;/h4-6,8-11,16,18H,7,12-15H2,1-3H3,(H2,22,23,24);1H. The minimum absolute atomic E-state index is 0. The molecule has 0 amide bonds. The van der Waals surface area contributed by atoms with Crippen LogP contribution in [0.1, 0.15) is 36.3 Å². The first-order valence-electron chi connectivity index (χ1n) is 9.21. The van der Waals surface area contributed by atoms with Crippen LogP contribution in [0.25, 0.3) is 0 Å². The molecule has 27 heavy (non-hydrogen) atoms. The maximum Gasteiger partial charge on any atom is 0.190 e. The Morgan fingerprint density at radius 2 is 1.85 bits per heavy atom. The van der Waals surface area contributed by atoms with Gasteiger partial charge in [0, 0.05) is 38.6 Å². The minimum Gasteiger partial charge on any atom is -0.374 e. The summed E-state index contributed by atoms with van der Waals surface area (Å²) in [6.07, 6.45) is 3.90. The summed E-state index contributed by atoms with van der Waals surface area (Å²) in [5, 5.41) is 6.65. The van der Waals surface area contributed by atoms with Gasteiger partial charge in [0.25, 0.3) is 0 Å². The normalized spacial score (nSPS) is 12.2. The molecule has 0 aliphatic heterocycles. The maximum atomic E-state index is 5.88. The largest absolute Gasteiger partial charge is 0.374 e. The third-order valence-corrected chi connectivity index (χ3v) is 4.15. The van der Waals surface area contributed by atoms with Crippen LogP contribution in [0.2, 0.25) is 0 Å². The highest BCUT2D eigenvalue weighted by atomic mass is 127. The van der Waals surface area contributed by atoms with E-state index in [1.165, 1.54) is 11.1 Å². The summed E-state index contributed by atoms with van der Waals surface area (Å²) in [7, 11) is 1.79. The lowest BCUT2D eigenvalue weighted by atomic mass is 10.1. The van der Waals surface area contributed by atoms with E-state index in [-0.39, 0.29) is 30.1 Å². The lowest BCUT2D eigenvalue weighted by Crippen LogP contribution is -2.39. The second-order valence-electron chi connectivity index (χ2n) is 6.26. The summed E-state index contributed by atoms with van der Waals surface area (Å²) in [6.45, 7) is 6.45. The Hall–Kier alpha value is -1.67. The van der Waals surface area contributed by atoms with E-state index in [9.17, 15) is 0 Å². The van der Waals surface area contributed by atoms with Gasteiger partial charge in [-0.3, -0.25) is 9.98 Å². The lowest BCUT2D eigenvalue weighted by molar-refractivity contribution is 0.0646. The molecule has 6 heteroatoms. The molecule has 0 saturated carbocycles. The van der Waals surface area contributed by atoms with E-state index in [2.05, 4.69) is 45.7 Å². The number of halogens is 1. The van der Waals surface area contributed by atoms with Crippen molar-refractivity contribution in [1.82, 2.24) is 15.6 Å². The van der Waals surface area contributed by atoms with Crippen molar-refractivity contribution in [3.8, 4) is 0 Å². The summed E-state index contributed by atoms with van der Waals surface area (Å²) in [6, 6.07) is 14.5. The highest BCUT2D eigenvalue weighted by Gasteiger charge is 2.04. The van der Waals surface area contributed by atoms with Gasteiger partial charge in [0.2, 0.25) is 0 Å². The van der Waals surface area contributed by atoms with Crippen molar-refractivity contribution in [2.45, 2.75) is 32.8 Å². The highest BCUT2D eigenvalue weighted by Crippen LogP contribution is 2.15. The fourth-order valence-corrected chi connectivity index (χ4v) is 2.55. The first-order valence-corrected chi connectivity index (χ1v) is 9.21. The Labute approximate surface area is 180 Å². The van der Waals surface area contributed by atoms with Crippen LogP contribution in [0.5, 0.6) is 0 Å². The zero-order chi connectivity index (χ0) is 18.6. The van der Waals surface area contributed by atoms with Gasteiger partial charge in [0.1, 0.15) is 0 Å². The summed E-state index contributed by atoms with van der Waals surface area (Å²) in [5.74, 6) is 0.821. The molecule has 1 aromatic heterocycles. The molecule has 5 nitrogen and oxygen atoms in total. The fraction of sp³-hybridized carbons (Fsp3) is 0.429. The molecule has 0 bridgehead atoms. The maximum absolute atomic E-state index is 5.88. The molecule has 1 heterocycles. The second-order valence-corrected chi connectivity index (χ2v) is 6.26. The molecule has 0 aliphatic rings. The van der Waals surface area contributed by atoms with E-state index >= 15 is 0 Å². The van der Waals surface area contributed by atoms with E-state index in [1.807, 2.05) is 37.4 Å². The molecular formula is C21H31IN4O. The molecule has 1 aromatic carbocycles. The number of aryl methyl sites for hydroxylation is 1. The number of rotatable bonds is 9. The zero-order valence-electron chi connectivity index (χ0n) is 16.4. The van der Waals surface area contributed by atoms with Gasteiger partial charge in [0.05, 0.1) is 6.10 Å². The average Bonchev–Trinajstić information content (AvgIpc) is 2.68. The van der Waals surface area contributed by atoms with E-state index in [4.69, 9.17) is 4.74 Å². The smallest absolute Gasteiger partial charge is 0.190 e. The Morgan fingerprint density at radius 3 is 2.52 bits per heavy atom. The molecule has 1 unspecified atom stereocenters. The van der Waals surface area contributed by atoms with Crippen LogP contribution in [0.15, 0.2) is 53.7 Å². The van der Waals surface area contributed by atoms with Crippen LogP contribution in [-0.4, -0.2) is 37.7 Å². The van der Waals surface area contributed by atoms with Crippen LogP contribution < -0.4 is 10.6 Å². The number of aliphatic imine (C=N–C) groups is 1. The summed E-state index contributed by atoms with van der Waals surface area (Å²) < 4.78 is 5.88. The number of hydrogen-bond donors (Lipinski definition) is 2. The van der Waals surface area contributed by atoms with Gasteiger partial charge in [-0.15, -0.1) is 24.0 Å². The summed E-state index contributed by atoms with van der Waals surface area (Å²) in [5.41, 5.74) is 3.48. The average molecular weight is 482 g/mol. The molecule has 0 saturated heterocycles. The van der Waals surface area contributed by atoms with Crippen LogP contribution in [0.4, 0.5) is 0 Å². The second kappa shape index (κ2) is 13.5. The Bertz CT molecular complexity index is 662. The molecule has 2 aromatic rings. The first-order chi connectivity index (χ1) is 12.7. The summed E-state index contributed by atoms with van der Waals surface area (Å²) >= 11 is 0. The monoisotopic (exact) mass is 482 g/mol. The molecule has 1 atom stereocenters. The van der Waals surface area contributed by atoms with Crippen molar-refractivity contribution >= 4 is 29.9 Å². The highest BCUT2D eigenvalue weighted by molar-refractivity contribution is 14.0. The number of hydrogen-bond acceptors (Lipinski definition) is 3. The number of benzene rings is 1. The van der Waals surface area contributed by atoms with Crippen molar-refractivity contribution in [2.75, 3.05) is 26.7 Å². The lowest BCUT2D eigenvalue weighted by Gasteiger charge is -2.15. The van der Waals surface area contributed by atoms with E-state index < -0.39 is 0 Å². The number of pyridine rings is 1. The molecule has 0 fully saturated rings. The van der Waals surface area contributed by atoms with Crippen LogP contribution in [0.3, 0.4) is 0 Å². The Morgan fingerprint density at radius 1 is 1.11 bits per heavy atom. The van der Waals surface area contributed by atoms with Gasteiger partial charge >= 0.3 is 0 Å². The predicted octanol–water partition coefficient (Wildman–Crippen LogP) is 3.88. The Balaban J connectivity index is 0.00000364. The number of aromatic nitrogens is 1. The van der Waals surface area contributed by atoms with Crippen LogP contribution >= 0.6 is 24.0 Å². The molecule has 0 spiro atoms. The molecule has 148 valence electrons. The number of ether oxygens (including phenoxy) is 1. The van der Waals surface area contributed by atoms with Gasteiger partial charge in [0.15, 0.2) is 5.96 Å². The van der Waals surface area contributed by atoms with E-state index in [0.29, 0.717) is 0 Å². The molecule has 2 N–H and O–H groups in total. The fourth-order valence-electron chi connectivity index (χ4n) is 2.55. The van der Waals surface area contributed by atoms with Crippen LogP contribution in [-0.2, 0) is 11.2 Å². The summed E-state index contributed by atoms with van der Waals surface area (Å²) in [4.78, 5) is 8.57. The van der Waals surface area contributed by atoms with Gasteiger partial charge in [-0.25, -0.2) is 0 Å². The third kappa shape index (κ3) is 9.19. The first kappa shape index (κ1) is 23.4. The number of nitrogens with zero attached hydrogens (tertiary/aromatic N) is 2. The van der Waals surface area contributed by atoms with Crippen molar-refractivity contribution < 1.29 is 4.74 Å². The van der Waals surface area contributed by atoms with E-state index in [1.54, 1.807) is 7.05 Å². The van der Waals surface area contributed by atoms with Crippen molar-refractivity contribution in [1.29, 1.82) is 0 Å². The SMILES string of the molecule is CN=C(NCCCOC(C)c1ccccc1)NCCc1ccc(C)nc1.I. The van der Waals surface area contributed by atoms with Crippen LogP contribution in [0, 0.1) is 6.92 Å². The third-order valence-electron chi connectivity index (χ3n) is 4.15. The zero-order valence-corrected chi connectivity index (χ0v) is 18.8.